The summed E-state index contributed by atoms with van der Waals surface area (Å²) in [5.74, 6) is 3.69. The lowest BCUT2D eigenvalue weighted by atomic mass is 9.86. The van der Waals surface area contributed by atoms with Crippen LogP contribution in [-0.2, 0) is 38.2 Å². The average Bonchev–Trinajstić information content (AvgIpc) is 4.22. The normalized spacial score (nSPS) is 19.4. The van der Waals surface area contributed by atoms with E-state index in [-0.39, 0.29) is 24.2 Å². The third-order valence-electron chi connectivity index (χ3n) is 13.2. The van der Waals surface area contributed by atoms with Crippen LogP contribution in [0.5, 0.6) is 0 Å². The van der Waals surface area contributed by atoms with Crippen LogP contribution in [-0.4, -0.2) is 96.9 Å². The minimum Gasteiger partial charge on any atom is -0.474 e. The summed E-state index contributed by atoms with van der Waals surface area (Å²) in [6.07, 6.45) is 4.88. The molecule has 368 valence electrons. The second kappa shape index (κ2) is 24.4. The molecule has 6 heterocycles. The van der Waals surface area contributed by atoms with Crippen LogP contribution in [0.4, 0.5) is 0 Å². The molecule has 3 aromatic carbocycles. The molecule has 4 aliphatic rings. The molecule has 0 aliphatic carbocycles. The topological polar surface area (TPSA) is 125 Å². The van der Waals surface area contributed by atoms with Gasteiger partial charge in [-0.25, -0.2) is 29.9 Å². The van der Waals surface area contributed by atoms with Gasteiger partial charge in [-0.1, -0.05) is 107 Å². The Bertz CT molecular complexity index is 2570. The van der Waals surface area contributed by atoms with Crippen LogP contribution in [0.1, 0.15) is 122 Å². The van der Waals surface area contributed by atoms with Gasteiger partial charge >= 0.3 is 0 Å². The molecule has 0 spiro atoms. The zero-order chi connectivity index (χ0) is 49.7. The van der Waals surface area contributed by atoms with Crippen LogP contribution < -0.4 is 0 Å². The Morgan fingerprint density at radius 1 is 0.500 bits per heavy atom. The van der Waals surface area contributed by atoms with E-state index >= 15 is 0 Å². The Balaban J connectivity index is 0.000000163. The van der Waals surface area contributed by atoms with Gasteiger partial charge in [-0.15, -0.1) is 0 Å². The number of aromatic nitrogens is 2. The lowest BCUT2D eigenvalue weighted by Crippen LogP contribution is -2.11. The zero-order valence-electron chi connectivity index (χ0n) is 43.3. The van der Waals surface area contributed by atoms with E-state index in [1.54, 1.807) is 0 Å². The first-order valence-corrected chi connectivity index (χ1v) is 25.2. The number of pyridine rings is 2. The quantitative estimate of drug-likeness (QED) is 0.102. The molecule has 4 unspecified atom stereocenters. The van der Waals surface area contributed by atoms with E-state index < -0.39 is 0 Å². The van der Waals surface area contributed by atoms with Gasteiger partial charge in [0.15, 0.2) is 0 Å². The summed E-state index contributed by atoms with van der Waals surface area (Å²) in [4.78, 5) is 32.5. The summed E-state index contributed by atoms with van der Waals surface area (Å²) < 4.78 is 23.2. The van der Waals surface area contributed by atoms with Gasteiger partial charge in [0, 0.05) is 18.3 Å². The van der Waals surface area contributed by atoms with Gasteiger partial charge in [-0.05, 0) is 142 Å². The van der Waals surface area contributed by atoms with E-state index in [9.17, 15) is 0 Å². The highest BCUT2D eigenvalue weighted by Gasteiger charge is 2.27. The van der Waals surface area contributed by atoms with Crippen LogP contribution in [0.25, 0.3) is 0 Å². The van der Waals surface area contributed by atoms with Crippen LogP contribution in [0.15, 0.2) is 122 Å². The standard InChI is InChI=1S/C25H23N3O2.C19H27N3O2.C15H23N/c1-3-8-18(9-4-1)14-20-16-29-24(26-20)22-12-7-13-23(28-22)25-27-21(17-30-25)15-19-10-5-2-6-11-19;1-12(2)8-14-10-23-18(20-14)16-6-5-7-17(22-16)19-21-15(11-24-19)9-13(3)4;1-8-14-11(4)9(2)10(3)12(5)15(14)13(6)16-7/h1-13,20-21H,14-17H2;5-7,12-15H,8-11H2,1-4H3;8H2,1-7H3. The zero-order valence-corrected chi connectivity index (χ0v) is 43.3. The highest BCUT2D eigenvalue weighted by molar-refractivity contribution is 6.02. The highest BCUT2D eigenvalue weighted by Crippen LogP contribution is 2.28. The smallest absolute Gasteiger partial charge is 0.235 e. The van der Waals surface area contributed by atoms with Gasteiger partial charge in [-0.2, -0.15) is 0 Å². The lowest BCUT2D eigenvalue weighted by molar-refractivity contribution is 0.299. The maximum atomic E-state index is 5.85. The van der Waals surface area contributed by atoms with E-state index in [1.807, 2.05) is 79.8 Å². The van der Waals surface area contributed by atoms with Crippen molar-refractivity contribution in [3.05, 3.63) is 164 Å². The third kappa shape index (κ3) is 13.4. The summed E-state index contributed by atoms with van der Waals surface area (Å²) in [6, 6.07) is 33.0. The first-order valence-electron chi connectivity index (χ1n) is 25.2. The summed E-state index contributed by atoms with van der Waals surface area (Å²) in [5.41, 5.74) is 15.1. The second-order valence-corrected chi connectivity index (χ2v) is 19.6. The Morgan fingerprint density at radius 2 is 0.857 bits per heavy atom. The van der Waals surface area contributed by atoms with Crippen LogP contribution in [0, 0.1) is 39.5 Å². The summed E-state index contributed by atoms with van der Waals surface area (Å²) in [5, 5.41) is 0. The van der Waals surface area contributed by atoms with E-state index in [2.05, 4.69) is 113 Å². The van der Waals surface area contributed by atoms with Crippen LogP contribution >= 0.6 is 0 Å². The molecular formula is C59H73N7O4. The first kappa shape index (κ1) is 51.4. The van der Waals surface area contributed by atoms with Crippen molar-refractivity contribution in [1.29, 1.82) is 0 Å². The summed E-state index contributed by atoms with van der Waals surface area (Å²) in [6.45, 7) is 24.5. The second-order valence-electron chi connectivity index (χ2n) is 19.6. The Labute approximate surface area is 416 Å². The molecule has 5 aromatic rings. The SMILES string of the molecule is CC(C)CC1COC(c2cccc(C3=NC(CC(C)C)CO3)n2)=N1.CCc1c(C)c(C)c(C)c(C)c1C(C)=NC.c1ccc(CC2COC(c3cccc(C4=NC(Cc5ccccc5)CO4)n3)=N2)cc1. The number of nitrogens with zero attached hydrogens (tertiary/aromatic N) is 7. The van der Waals surface area contributed by atoms with E-state index in [1.165, 1.54) is 44.5 Å². The number of benzene rings is 3. The minimum atomic E-state index is 0.114. The van der Waals surface area contributed by atoms with Gasteiger partial charge in [-0.3, -0.25) is 4.99 Å². The van der Waals surface area contributed by atoms with Gasteiger partial charge in [0.25, 0.3) is 0 Å². The number of rotatable bonds is 14. The predicted molar refractivity (Wildman–Crippen MR) is 286 cm³/mol. The van der Waals surface area contributed by atoms with Crippen molar-refractivity contribution in [2.75, 3.05) is 33.5 Å². The number of aliphatic imine (C=N–C) groups is 5. The van der Waals surface area contributed by atoms with Crippen LogP contribution in [0.2, 0.25) is 0 Å². The van der Waals surface area contributed by atoms with E-state index in [0.29, 0.717) is 61.9 Å². The molecule has 2 aromatic heterocycles. The molecule has 9 rings (SSSR count). The lowest BCUT2D eigenvalue weighted by Gasteiger charge is -2.20. The van der Waals surface area contributed by atoms with Gasteiger partial charge in [0.2, 0.25) is 23.6 Å². The first-order chi connectivity index (χ1) is 33.8. The molecule has 4 atom stereocenters. The molecule has 0 bridgehead atoms. The van der Waals surface area contributed by atoms with Crippen LogP contribution in [0.3, 0.4) is 0 Å². The number of hydrogen-bond acceptors (Lipinski definition) is 11. The summed E-state index contributed by atoms with van der Waals surface area (Å²) in [7, 11) is 1.87. The molecule has 0 radical (unpaired) electrons. The molecule has 0 fully saturated rings. The molecule has 4 aliphatic heterocycles. The Hall–Kier alpha value is -6.49. The van der Waals surface area contributed by atoms with Crippen molar-refractivity contribution in [2.45, 2.75) is 126 Å². The summed E-state index contributed by atoms with van der Waals surface area (Å²) >= 11 is 0. The third-order valence-corrected chi connectivity index (χ3v) is 13.2. The van der Waals surface area contributed by atoms with Gasteiger partial charge < -0.3 is 18.9 Å². The molecule has 0 N–H and O–H groups in total. The van der Waals surface area contributed by atoms with Gasteiger partial charge in [0.05, 0.1) is 24.2 Å². The fourth-order valence-corrected chi connectivity index (χ4v) is 9.31. The highest BCUT2D eigenvalue weighted by atomic mass is 16.5. The van der Waals surface area contributed by atoms with Crippen molar-refractivity contribution < 1.29 is 18.9 Å². The molecule has 0 amide bonds. The van der Waals surface area contributed by atoms with Crippen molar-refractivity contribution in [1.82, 2.24) is 9.97 Å². The fraction of sp³-hybridized carbons (Fsp3) is 0.441. The van der Waals surface area contributed by atoms with Crippen molar-refractivity contribution in [3.63, 3.8) is 0 Å². The molecular weight excluding hydrogens is 871 g/mol. The predicted octanol–water partition coefficient (Wildman–Crippen LogP) is 11.2. The Kier molecular flexibility index (Phi) is 17.9. The van der Waals surface area contributed by atoms with Crippen molar-refractivity contribution >= 4 is 29.3 Å². The van der Waals surface area contributed by atoms with Crippen molar-refractivity contribution in [3.8, 4) is 0 Å². The van der Waals surface area contributed by atoms with Crippen molar-refractivity contribution in [2.24, 2.45) is 36.8 Å². The molecule has 70 heavy (non-hydrogen) atoms. The minimum absolute atomic E-state index is 0.114. The monoisotopic (exact) mass is 944 g/mol. The average molecular weight is 944 g/mol. The molecule has 0 saturated carbocycles. The number of ether oxygens (including phenoxy) is 4. The number of hydrogen-bond donors (Lipinski definition) is 0. The fourth-order valence-electron chi connectivity index (χ4n) is 9.31. The van der Waals surface area contributed by atoms with E-state index in [0.717, 1.165) is 60.6 Å². The Morgan fingerprint density at radius 3 is 1.21 bits per heavy atom. The maximum Gasteiger partial charge on any atom is 0.235 e. The maximum absolute atomic E-state index is 5.85. The molecule has 11 nitrogen and oxygen atoms in total. The van der Waals surface area contributed by atoms with Gasteiger partial charge in [0.1, 0.15) is 49.2 Å². The molecule has 11 heteroatoms. The largest absolute Gasteiger partial charge is 0.474 e. The molecule has 0 saturated heterocycles. The van der Waals surface area contributed by atoms with E-state index in [4.69, 9.17) is 33.9 Å².